The van der Waals surface area contributed by atoms with Crippen LogP contribution in [-0.4, -0.2) is 22.8 Å². The Morgan fingerprint density at radius 2 is 2.29 bits per heavy atom. The van der Waals surface area contributed by atoms with Gasteiger partial charge in [-0.05, 0) is 32.0 Å². The van der Waals surface area contributed by atoms with Crippen molar-refractivity contribution in [2.45, 2.75) is 30.5 Å². The number of hydrogen-bond donors (Lipinski definition) is 0. The molecule has 2 aromatic rings. The Bertz CT molecular complexity index is 757. The van der Waals surface area contributed by atoms with Gasteiger partial charge < -0.3 is 9.15 Å². The third-order valence-electron chi connectivity index (χ3n) is 3.04. The molecule has 0 aliphatic rings. The van der Waals surface area contributed by atoms with E-state index in [0.29, 0.717) is 5.76 Å². The molecule has 0 aliphatic heterocycles. The number of nitrogens with zero attached hydrogens (tertiary/aromatic N) is 2. The zero-order valence-electron chi connectivity index (χ0n) is 13.0. The number of furan rings is 1. The number of nitriles is 1. The predicted octanol–water partition coefficient (Wildman–Crippen LogP) is 4.19. The molecule has 0 spiro atoms. The molecule has 0 radical (unpaired) electrons. The lowest BCUT2D eigenvalue weighted by Crippen LogP contribution is -2.17. The van der Waals surface area contributed by atoms with Crippen LogP contribution in [0.3, 0.4) is 0 Å². The van der Waals surface area contributed by atoms with Gasteiger partial charge in [-0.3, -0.25) is 4.79 Å². The predicted molar refractivity (Wildman–Crippen MR) is 83.6 cm³/mol. The van der Waals surface area contributed by atoms with Crippen molar-refractivity contribution in [1.29, 1.82) is 5.26 Å². The smallest absolute Gasteiger partial charge is 0.319 e. The van der Waals surface area contributed by atoms with Crippen molar-refractivity contribution in [2.75, 3.05) is 6.61 Å². The normalized spacial score (nSPS) is 12.0. The second kappa shape index (κ2) is 7.93. The van der Waals surface area contributed by atoms with Gasteiger partial charge in [-0.15, -0.1) is 0 Å². The number of halogens is 2. The number of alkyl halides is 2. The highest BCUT2D eigenvalue weighted by Gasteiger charge is 2.24. The van der Waals surface area contributed by atoms with Crippen LogP contribution in [0.5, 0.6) is 0 Å². The average Bonchev–Trinajstić information content (AvgIpc) is 3.08. The zero-order chi connectivity index (χ0) is 17.7. The van der Waals surface area contributed by atoms with E-state index >= 15 is 0 Å². The lowest BCUT2D eigenvalue weighted by Gasteiger charge is -2.13. The molecule has 0 aromatic carbocycles. The van der Waals surface area contributed by atoms with E-state index < -0.39 is 23.2 Å². The highest BCUT2D eigenvalue weighted by Crippen LogP contribution is 2.35. The van der Waals surface area contributed by atoms with Crippen molar-refractivity contribution in [1.82, 2.24) is 4.98 Å². The summed E-state index contributed by atoms with van der Waals surface area (Å²) in [5, 5.41) is 8.60. The molecule has 2 heterocycles. The minimum atomic E-state index is -2.85. The van der Waals surface area contributed by atoms with E-state index in [1.54, 1.807) is 32.0 Å². The molecule has 1 atom stereocenters. The van der Waals surface area contributed by atoms with E-state index in [4.69, 9.17) is 9.15 Å². The minimum Gasteiger partial charge on any atom is -0.465 e. The van der Waals surface area contributed by atoms with Gasteiger partial charge in [-0.25, -0.2) is 13.8 Å². The summed E-state index contributed by atoms with van der Waals surface area (Å²) in [7, 11) is 0. The van der Waals surface area contributed by atoms with Crippen LogP contribution in [0.4, 0.5) is 8.78 Å². The number of rotatable bonds is 6. The first-order valence-electron chi connectivity index (χ1n) is 7.08. The molecule has 0 bridgehead atoms. The summed E-state index contributed by atoms with van der Waals surface area (Å²) in [5.74, 6) is -0.206. The Balaban J connectivity index is 2.48. The fourth-order valence-electron chi connectivity index (χ4n) is 1.94. The summed E-state index contributed by atoms with van der Waals surface area (Å²) < 4.78 is 36.7. The second-order valence-corrected chi connectivity index (χ2v) is 6.01. The van der Waals surface area contributed by atoms with Gasteiger partial charge in [0.25, 0.3) is 6.43 Å². The fraction of sp³-hybridized carbons (Fsp3) is 0.312. The van der Waals surface area contributed by atoms with Crippen molar-refractivity contribution < 1.29 is 22.7 Å². The fourth-order valence-corrected chi connectivity index (χ4v) is 2.87. The third-order valence-corrected chi connectivity index (χ3v) is 4.11. The number of ether oxygens (including phenoxy) is 1. The quantitative estimate of drug-likeness (QED) is 0.573. The molecule has 5 nitrogen and oxygen atoms in total. The molecule has 1 unspecified atom stereocenters. The van der Waals surface area contributed by atoms with Crippen LogP contribution in [0.25, 0.3) is 11.5 Å². The monoisotopic (exact) mass is 352 g/mol. The Labute approximate surface area is 141 Å². The van der Waals surface area contributed by atoms with Crippen LogP contribution in [0.2, 0.25) is 0 Å². The third kappa shape index (κ3) is 3.92. The molecule has 2 rings (SSSR count). The van der Waals surface area contributed by atoms with E-state index in [2.05, 4.69) is 4.98 Å². The van der Waals surface area contributed by atoms with Crippen LogP contribution in [-0.2, 0) is 9.53 Å². The van der Waals surface area contributed by atoms with Crippen molar-refractivity contribution in [3.8, 4) is 17.5 Å². The maximum Gasteiger partial charge on any atom is 0.319 e. The zero-order valence-corrected chi connectivity index (χ0v) is 13.8. The number of hydrogen-bond acceptors (Lipinski definition) is 6. The van der Waals surface area contributed by atoms with Crippen molar-refractivity contribution in [3.63, 3.8) is 0 Å². The molecule has 0 saturated heterocycles. The number of esters is 1. The number of carbonyl (C=O) groups is 1. The molecular formula is C16H14F2N2O3S. The topological polar surface area (TPSA) is 76.1 Å². The summed E-state index contributed by atoms with van der Waals surface area (Å²) in [6.45, 7) is 3.44. The maximum atomic E-state index is 13.3. The van der Waals surface area contributed by atoms with Gasteiger partial charge in [0.1, 0.15) is 22.0 Å². The highest BCUT2D eigenvalue weighted by molar-refractivity contribution is 8.00. The first kappa shape index (κ1) is 17.9. The van der Waals surface area contributed by atoms with Gasteiger partial charge in [0, 0.05) is 5.56 Å². The first-order valence-corrected chi connectivity index (χ1v) is 7.96. The van der Waals surface area contributed by atoms with Crippen molar-refractivity contribution >= 4 is 17.7 Å². The number of pyridine rings is 1. The van der Waals surface area contributed by atoms with Gasteiger partial charge in [-0.2, -0.15) is 5.26 Å². The number of carbonyl (C=O) groups excluding carboxylic acids is 1. The summed E-state index contributed by atoms with van der Waals surface area (Å²) in [4.78, 5) is 16.0. The Kier molecular flexibility index (Phi) is 5.93. The molecule has 0 fully saturated rings. The SMILES string of the molecule is CCOC(=O)C(C)Sc1nc(-c2ccco2)cc(C(F)F)c1C#N. The van der Waals surface area contributed by atoms with Crippen LogP contribution >= 0.6 is 11.8 Å². The van der Waals surface area contributed by atoms with Crippen LogP contribution in [0.15, 0.2) is 33.9 Å². The number of aromatic nitrogens is 1. The summed E-state index contributed by atoms with van der Waals surface area (Å²) in [6.07, 6.45) is -1.46. The van der Waals surface area contributed by atoms with Gasteiger partial charge in [-0.1, -0.05) is 11.8 Å². The molecule has 0 saturated carbocycles. The molecule has 0 amide bonds. The van der Waals surface area contributed by atoms with Crippen LogP contribution in [0.1, 0.15) is 31.4 Å². The Hall–Kier alpha value is -2.40. The van der Waals surface area contributed by atoms with E-state index in [1.165, 1.54) is 6.26 Å². The highest BCUT2D eigenvalue weighted by atomic mass is 32.2. The second-order valence-electron chi connectivity index (χ2n) is 4.68. The summed E-state index contributed by atoms with van der Waals surface area (Å²) in [6, 6.07) is 6.05. The Morgan fingerprint density at radius 3 is 2.83 bits per heavy atom. The Morgan fingerprint density at radius 1 is 1.54 bits per heavy atom. The largest absolute Gasteiger partial charge is 0.465 e. The van der Waals surface area contributed by atoms with Gasteiger partial charge in [0.05, 0.1) is 18.4 Å². The standard InChI is InChI=1S/C16H14F2N2O3S/c1-3-22-16(21)9(2)24-15-11(8-19)10(14(17)18)7-12(20-15)13-5-4-6-23-13/h4-7,9,14H,3H2,1-2H3. The van der Waals surface area contributed by atoms with Crippen molar-refractivity contribution in [2.24, 2.45) is 0 Å². The van der Waals surface area contributed by atoms with Gasteiger partial charge in [0.15, 0.2) is 5.76 Å². The molecule has 0 N–H and O–H groups in total. The molecule has 0 aliphatic carbocycles. The molecule has 2 aromatic heterocycles. The molecule has 24 heavy (non-hydrogen) atoms. The van der Waals surface area contributed by atoms with Crippen LogP contribution < -0.4 is 0 Å². The van der Waals surface area contributed by atoms with Gasteiger partial charge >= 0.3 is 5.97 Å². The number of thioether (sulfide) groups is 1. The molecule has 8 heteroatoms. The van der Waals surface area contributed by atoms with Crippen LogP contribution in [0, 0.1) is 11.3 Å². The lowest BCUT2D eigenvalue weighted by molar-refractivity contribution is -0.142. The molecule has 126 valence electrons. The summed E-state index contributed by atoms with van der Waals surface area (Å²) in [5.41, 5.74) is -0.522. The van der Waals surface area contributed by atoms with E-state index in [0.717, 1.165) is 17.8 Å². The summed E-state index contributed by atoms with van der Waals surface area (Å²) >= 11 is 0.903. The average molecular weight is 352 g/mol. The molecular weight excluding hydrogens is 338 g/mol. The first-order chi connectivity index (χ1) is 11.5. The lowest BCUT2D eigenvalue weighted by atomic mass is 10.1. The van der Waals surface area contributed by atoms with Gasteiger partial charge in [0.2, 0.25) is 0 Å². The van der Waals surface area contributed by atoms with E-state index in [-0.39, 0.29) is 22.9 Å². The minimum absolute atomic E-state index is 0.0438. The van der Waals surface area contributed by atoms with Crippen molar-refractivity contribution in [3.05, 3.63) is 35.6 Å². The van der Waals surface area contributed by atoms with E-state index in [9.17, 15) is 18.8 Å². The maximum absolute atomic E-state index is 13.3. The van der Waals surface area contributed by atoms with E-state index in [1.807, 2.05) is 0 Å².